The van der Waals surface area contributed by atoms with Crippen molar-refractivity contribution < 1.29 is 9.53 Å². The largest absolute Gasteiger partial charge is 0.497 e. The Morgan fingerprint density at radius 1 is 1.03 bits per heavy atom. The lowest BCUT2D eigenvalue weighted by molar-refractivity contribution is -0.121. The second-order valence-corrected chi connectivity index (χ2v) is 8.10. The maximum Gasteiger partial charge on any atom is 0.329 e. The predicted octanol–water partition coefficient (Wildman–Crippen LogP) is 1.03. The van der Waals surface area contributed by atoms with E-state index in [-0.39, 0.29) is 12.5 Å². The average Bonchev–Trinajstić information content (AvgIpc) is 2.85. The molecule has 4 rings (SSSR count). The number of anilines is 1. The monoisotopic (exact) mass is 451 g/mol. The van der Waals surface area contributed by atoms with E-state index >= 15 is 0 Å². The van der Waals surface area contributed by atoms with Crippen molar-refractivity contribution in [1.29, 1.82) is 0 Å². The lowest BCUT2D eigenvalue weighted by Crippen LogP contribution is -2.47. The van der Waals surface area contributed by atoms with Crippen LogP contribution in [0.2, 0.25) is 0 Å². The van der Waals surface area contributed by atoms with Gasteiger partial charge in [0.2, 0.25) is 5.91 Å². The Kier molecular flexibility index (Phi) is 7.09. The molecule has 2 N–H and O–H groups in total. The van der Waals surface area contributed by atoms with Crippen molar-refractivity contribution in [3.05, 3.63) is 69.4 Å². The third-order valence-corrected chi connectivity index (χ3v) is 5.97. The number of benzene rings is 2. The smallest absolute Gasteiger partial charge is 0.329 e. The predicted molar refractivity (Wildman–Crippen MR) is 128 cm³/mol. The normalized spacial score (nSPS) is 14.4. The van der Waals surface area contributed by atoms with Gasteiger partial charge in [-0.05, 0) is 49.4 Å². The SMILES string of the molecule is COc1ccc(N2CCN(CCCNC(=O)Cn3c(=O)[nH]c4ccccc4c3=O)CC2)cc1. The zero-order valence-electron chi connectivity index (χ0n) is 18.8. The molecule has 33 heavy (non-hydrogen) atoms. The minimum absolute atomic E-state index is 0.292. The molecule has 9 heteroatoms. The van der Waals surface area contributed by atoms with Crippen molar-refractivity contribution >= 4 is 22.5 Å². The number of carbonyl (C=O) groups excluding carboxylic acids is 1. The van der Waals surface area contributed by atoms with Crippen molar-refractivity contribution in [2.45, 2.75) is 13.0 Å². The number of H-pyrrole nitrogens is 1. The van der Waals surface area contributed by atoms with Crippen molar-refractivity contribution in [2.24, 2.45) is 0 Å². The van der Waals surface area contributed by atoms with E-state index in [4.69, 9.17) is 4.74 Å². The summed E-state index contributed by atoms with van der Waals surface area (Å²) in [4.78, 5) is 44.4. The zero-order chi connectivity index (χ0) is 23.2. The van der Waals surface area contributed by atoms with Gasteiger partial charge in [-0.3, -0.25) is 19.1 Å². The third kappa shape index (κ3) is 5.43. The summed E-state index contributed by atoms with van der Waals surface area (Å²) in [5.41, 5.74) is 0.626. The number of aromatic nitrogens is 2. The average molecular weight is 452 g/mol. The quantitative estimate of drug-likeness (QED) is 0.497. The zero-order valence-corrected chi connectivity index (χ0v) is 18.8. The first-order valence-corrected chi connectivity index (χ1v) is 11.1. The lowest BCUT2D eigenvalue weighted by atomic mass is 10.2. The molecule has 0 spiro atoms. The molecule has 1 aromatic heterocycles. The summed E-state index contributed by atoms with van der Waals surface area (Å²) >= 11 is 0. The number of piperazine rings is 1. The van der Waals surface area contributed by atoms with E-state index in [0.29, 0.717) is 17.4 Å². The summed E-state index contributed by atoms with van der Waals surface area (Å²) in [6.07, 6.45) is 0.803. The Bertz CT molecular complexity index is 1210. The number of nitrogens with one attached hydrogen (secondary N) is 2. The number of fused-ring (bicyclic) bond motifs is 1. The molecule has 1 amide bonds. The number of rotatable bonds is 8. The Balaban J connectivity index is 1.20. The Hall–Kier alpha value is -3.59. The number of carbonyl (C=O) groups is 1. The highest BCUT2D eigenvalue weighted by Gasteiger charge is 2.17. The lowest BCUT2D eigenvalue weighted by Gasteiger charge is -2.36. The minimum atomic E-state index is -0.580. The van der Waals surface area contributed by atoms with Gasteiger partial charge in [0, 0.05) is 38.4 Å². The van der Waals surface area contributed by atoms with Gasteiger partial charge >= 0.3 is 5.69 Å². The maximum atomic E-state index is 12.5. The molecule has 1 saturated heterocycles. The first kappa shape index (κ1) is 22.6. The Morgan fingerprint density at radius 2 is 1.76 bits per heavy atom. The fraction of sp³-hybridized carbons (Fsp3) is 0.375. The van der Waals surface area contributed by atoms with Crippen LogP contribution in [0.4, 0.5) is 5.69 Å². The summed E-state index contributed by atoms with van der Waals surface area (Å²) in [6, 6.07) is 14.9. The van der Waals surface area contributed by atoms with Crippen LogP contribution >= 0.6 is 0 Å². The summed E-state index contributed by atoms with van der Waals surface area (Å²) in [7, 11) is 1.67. The van der Waals surface area contributed by atoms with Crippen LogP contribution in [0.15, 0.2) is 58.1 Å². The van der Waals surface area contributed by atoms with Crippen molar-refractivity contribution in [2.75, 3.05) is 51.3 Å². The standard InChI is InChI=1S/C24H29N5O4/c1-33-19-9-7-18(8-10-19)28-15-13-27(14-16-28)12-4-11-25-22(30)17-29-23(31)20-5-2-3-6-21(20)26-24(29)32/h2-3,5-10H,4,11-17H2,1H3,(H,25,30)(H,26,32). The molecule has 3 aromatic rings. The van der Waals surface area contributed by atoms with Crippen LogP contribution in [0.25, 0.3) is 10.9 Å². The first-order valence-electron chi connectivity index (χ1n) is 11.1. The number of hydrogen-bond donors (Lipinski definition) is 2. The van der Waals surface area contributed by atoms with Crippen LogP contribution < -0.4 is 26.2 Å². The van der Waals surface area contributed by atoms with Gasteiger partial charge in [-0.25, -0.2) is 4.79 Å². The van der Waals surface area contributed by atoms with Gasteiger partial charge in [-0.1, -0.05) is 12.1 Å². The third-order valence-electron chi connectivity index (χ3n) is 5.97. The van der Waals surface area contributed by atoms with Crippen LogP contribution in [0.3, 0.4) is 0 Å². The molecule has 174 valence electrons. The number of para-hydroxylation sites is 1. The Labute approximate surface area is 191 Å². The van der Waals surface area contributed by atoms with E-state index in [0.717, 1.165) is 49.5 Å². The maximum absolute atomic E-state index is 12.5. The summed E-state index contributed by atoms with van der Waals surface area (Å²) in [5.74, 6) is 0.511. The second-order valence-electron chi connectivity index (χ2n) is 8.10. The molecule has 1 fully saturated rings. The number of nitrogens with zero attached hydrogens (tertiary/aromatic N) is 3. The topological polar surface area (TPSA) is 99.7 Å². The molecule has 2 heterocycles. The van der Waals surface area contributed by atoms with E-state index in [1.165, 1.54) is 5.69 Å². The van der Waals surface area contributed by atoms with Gasteiger partial charge in [0.25, 0.3) is 5.56 Å². The second kappa shape index (κ2) is 10.4. The first-order chi connectivity index (χ1) is 16.0. The van der Waals surface area contributed by atoms with E-state index in [1.54, 1.807) is 31.4 Å². The highest BCUT2D eigenvalue weighted by Crippen LogP contribution is 2.20. The summed E-state index contributed by atoms with van der Waals surface area (Å²) in [5, 5.41) is 3.21. The van der Waals surface area contributed by atoms with Gasteiger partial charge in [-0.2, -0.15) is 0 Å². The van der Waals surface area contributed by atoms with Crippen molar-refractivity contribution in [3.63, 3.8) is 0 Å². The van der Waals surface area contributed by atoms with Gasteiger partial charge in [0.05, 0.1) is 18.0 Å². The molecule has 0 atom stereocenters. The molecule has 0 saturated carbocycles. The molecule has 1 aliphatic rings. The fourth-order valence-electron chi connectivity index (χ4n) is 4.10. The minimum Gasteiger partial charge on any atom is -0.497 e. The van der Waals surface area contributed by atoms with E-state index < -0.39 is 11.2 Å². The van der Waals surface area contributed by atoms with Crippen molar-refractivity contribution in [3.8, 4) is 5.75 Å². The molecule has 9 nitrogen and oxygen atoms in total. The summed E-state index contributed by atoms with van der Waals surface area (Å²) in [6.45, 7) is 4.91. The number of amides is 1. The van der Waals surface area contributed by atoms with Crippen LogP contribution in [0.5, 0.6) is 5.75 Å². The molecular formula is C24H29N5O4. The Morgan fingerprint density at radius 3 is 2.48 bits per heavy atom. The van der Waals surface area contributed by atoms with Crippen LogP contribution in [-0.4, -0.2) is 66.7 Å². The van der Waals surface area contributed by atoms with Crippen LogP contribution in [0, 0.1) is 0 Å². The highest BCUT2D eigenvalue weighted by molar-refractivity contribution is 5.78. The highest BCUT2D eigenvalue weighted by atomic mass is 16.5. The van der Waals surface area contributed by atoms with Gasteiger partial charge in [0.15, 0.2) is 0 Å². The van der Waals surface area contributed by atoms with Crippen molar-refractivity contribution in [1.82, 2.24) is 19.8 Å². The number of hydrogen-bond acceptors (Lipinski definition) is 6. The molecule has 2 aromatic carbocycles. The van der Waals surface area contributed by atoms with Crippen LogP contribution in [-0.2, 0) is 11.3 Å². The number of ether oxygens (including phenoxy) is 1. The summed E-state index contributed by atoms with van der Waals surface area (Å²) < 4.78 is 6.16. The van der Waals surface area contributed by atoms with E-state index in [2.05, 4.69) is 32.2 Å². The van der Waals surface area contributed by atoms with Gasteiger partial charge in [0.1, 0.15) is 12.3 Å². The van der Waals surface area contributed by atoms with Crippen LogP contribution in [0.1, 0.15) is 6.42 Å². The molecule has 0 bridgehead atoms. The molecule has 0 radical (unpaired) electrons. The number of methoxy groups -OCH3 is 1. The molecular weight excluding hydrogens is 422 g/mol. The van der Waals surface area contributed by atoms with E-state index in [1.807, 2.05) is 12.1 Å². The van der Waals surface area contributed by atoms with Gasteiger partial charge < -0.3 is 19.9 Å². The van der Waals surface area contributed by atoms with E-state index in [9.17, 15) is 14.4 Å². The molecule has 1 aliphatic heterocycles. The fourth-order valence-corrected chi connectivity index (χ4v) is 4.10. The molecule has 0 unspecified atom stereocenters. The molecule has 0 aliphatic carbocycles. The van der Waals surface area contributed by atoms with Gasteiger partial charge in [-0.15, -0.1) is 0 Å². The number of aromatic amines is 1.